The largest absolute Gasteiger partial charge is 0.396 e. The number of nitriles is 2. The summed E-state index contributed by atoms with van der Waals surface area (Å²) < 4.78 is 0. The van der Waals surface area contributed by atoms with E-state index < -0.39 is 0 Å². The summed E-state index contributed by atoms with van der Waals surface area (Å²) >= 11 is 6.02. The molecule has 5 nitrogen and oxygen atoms in total. The van der Waals surface area contributed by atoms with Crippen molar-refractivity contribution in [3.63, 3.8) is 0 Å². The Bertz CT molecular complexity index is 712. The van der Waals surface area contributed by atoms with Crippen LogP contribution in [0.4, 0.5) is 17.2 Å². The summed E-state index contributed by atoms with van der Waals surface area (Å²) in [6.45, 7) is 0. The van der Waals surface area contributed by atoms with E-state index in [1.807, 2.05) is 12.1 Å². The molecule has 0 aliphatic rings. The standard InChI is InChI=1S/C13H8ClN5/c14-9-2-1-8(6-15)5-11(9)18-13-4-3-10(17)12(7-16)19-13/h1-5H,17H2,(H,18,19). The van der Waals surface area contributed by atoms with Gasteiger partial charge in [-0.15, -0.1) is 0 Å². The Morgan fingerprint density at radius 3 is 2.63 bits per heavy atom. The van der Waals surface area contributed by atoms with Crippen molar-refractivity contribution in [3.05, 3.63) is 46.6 Å². The third-order valence-corrected chi connectivity index (χ3v) is 2.72. The van der Waals surface area contributed by atoms with Gasteiger partial charge in [-0.1, -0.05) is 11.6 Å². The first-order valence-electron chi connectivity index (χ1n) is 5.27. The molecule has 92 valence electrons. The predicted molar refractivity (Wildman–Crippen MR) is 72.8 cm³/mol. The fourth-order valence-electron chi connectivity index (χ4n) is 1.46. The van der Waals surface area contributed by atoms with Gasteiger partial charge in [0.2, 0.25) is 0 Å². The lowest BCUT2D eigenvalue weighted by molar-refractivity contribution is 1.26. The van der Waals surface area contributed by atoms with Gasteiger partial charge < -0.3 is 11.1 Å². The molecule has 1 aromatic carbocycles. The van der Waals surface area contributed by atoms with Crippen LogP contribution in [-0.4, -0.2) is 4.98 Å². The number of aromatic nitrogens is 1. The van der Waals surface area contributed by atoms with Gasteiger partial charge in [-0.2, -0.15) is 10.5 Å². The van der Waals surface area contributed by atoms with Gasteiger partial charge in [0.1, 0.15) is 11.9 Å². The Balaban J connectivity index is 2.37. The number of rotatable bonds is 2. The molecule has 0 spiro atoms. The Labute approximate surface area is 114 Å². The molecule has 2 rings (SSSR count). The molecule has 0 saturated heterocycles. The van der Waals surface area contributed by atoms with Crippen molar-refractivity contribution in [1.82, 2.24) is 4.98 Å². The molecule has 0 unspecified atom stereocenters. The van der Waals surface area contributed by atoms with Gasteiger partial charge in [-0.25, -0.2) is 4.98 Å². The molecule has 0 aliphatic heterocycles. The predicted octanol–water partition coefficient (Wildman–Crippen LogP) is 2.80. The maximum absolute atomic E-state index is 8.86. The minimum Gasteiger partial charge on any atom is -0.396 e. The quantitative estimate of drug-likeness (QED) is 0.873. The van der Waals surface area contributed by atoms with E-state index in [1.54, 1.807) is 30.3 Å². The summed E-state index contributed by atoms with van der Waals surface area (Å²) in [5, 5.41) is 21.1. The van der Waals surface area contributed by atoms with Crippen LogP contribution in [0.5, 0.6) is 0 Å². The number of anilines is 3. The van der Waals surface area contributed by atoms with E-state index in [0.717, 1.165) is 0 Å². The van der Waals surface area contributed by atoms with Gasteiger partial charge >= 0.3 is 0 Å². The zero-order valence-corrected chi connectivity index (χ0v) is 10.4. The average molecular weight is 270 g/mol. The van der Waals surface area contributed by atoms with Crippen LogP contribution in [0.25, 0.3) is 0 Å². The van der Waals surface area contributed by atoms with Gasteiger partial charge in [0.05, 0.1) is 28.0 Å². The first kappa shape index (κ1) is 12.7. The van der Waals surface area contributed by atoms with Gasteiger partial charge in [0.15, 0.2) is 5.69 Å². The van der Waals surface area contributed by atoms with Crippen molar-refractivity contribution < 1.29 is 0 Å². The number of hydrogen-bond acceptors (Lipinski definition) is 5. The lowest BCUT2D eigenvalue weighted by Gasteiger charge is -2.08. The second-order valence-electron chi connectivity index (χ2n) is 3.68. The fraction of sp³-hybridized carbons (Fsp3) is 0. The number of benzene rings is 1. The number of hydrogen-bond donors (Lipinski definition) is 2. The number of halogens is 1. The lowest BCUT2D eigenvalue weighted by Crippen LogP contribution is -1.99. The van der Waals surface area contributed by atoms with E-state index in [2.05, 4.69) is 10.3 Å². The second kappa shape index (κ2) is 5.26. The van der Waals surface area contributed by atoms with Crippen LogP contribution in [0, 0.1) is 22.7 Å². The van der Waals surface area contributed by atoms with Crippen LogP contribution in [0.15, 0.2) is 30.3 Å². The monoisotopic (exact) mass is 269 g/mol. The highest BCUT2D eigenvalue weighted by Gasteiger charge is 2.06. The van der Waals surface area contributed by atoms with E-state index in [1.165, 1.54) is 0 Å². The highest BCUT2D eigenvalue weighted by Crippen LogP contribution is 2.26. The summed E-state index contributed by atoms with van der Waals surface area (Å²) in [4.78, 5) is 4.04. The zero-order chi connectivity index (χ0) is 13.8. The fourth-order valence-corrected chi connectivity index (χ4v) is 1.62. The molecule has 1 aromatic heterocycles. The summed E-state index contributed by atoms with van der Waals surface area (Å²) in [7, 11) is 0. The first-order valence-corrected chi connectivity index (χ1v) is 5.65. The molecule has 0 radical (unpaired) electrons. The van der Waals surface area contributed by atoms with Crippen molar-refractivity contribution in [1.29, 1.82) is 10.5 Å². The van der Waals surface area contributed by atoms with Crippen LogP contribution in [0.2, 0.25) is 5.02 Å². The normalized spacial score (nSPS) is 9.42. The van der Waals surface area contributed by atoms with Crippen LogP contribution in [0.3, 0.4) is 0 Å². The number of nitrogens with zero attached hydrogens (tertiary/aromatic N) is 3. The minimum absolute atomic E-state index is 0.137. The highest BCUT2D eigenvalue weighted by molar-refractivity contribution is 6.33. The van der Waals surface area contributed by atoms with E-state index in [0.29, 0.717) is 27.8 Å². The summed E-state index contributed by atoms with van der Waals surface area (Å²) in [6.07, 6.45) is 0. The van der Waals surface area contributed by atoms with Gasteiger partial charge in [0, 0.05) is 0 Å². The Kier molecular flexibility index (Phi) is 3.51. The van der Waals surface area contributed by atoms with Crippen molar-refractivity contribution in [3.8, 4) is 12.1 Å². The average Bonchev–Trinajstić information content (AvgIpc) is 2.43. The molecule has 0 aliphatic carbocycles. The summed E-state index contributed by atoms with van der Waals surface area (Å²) in [5.41, 5.74) is 7.05. The molecule has 0 amide bonds. The van der Waals surface area contributed by atoms with Crippen LogP contribution in [0.1, 0.15) is 11.3 Å². The highest BCUT2D eigenvalue weighted by atomic mass is 35.5. The van der Waals surface area contributed by atoms with Gasteiger partial charge in [0.25, 0.3) is 0 Å². The van der Waals surface area contributed by atoms with Gasteiger partial charge in [-0.3, -0.25) is 0 Å². The number of nitrogen functional groups attached to an aromatic ring is 1. The topological polar surface area (TPSA) is 98.5 Å². The van der Waals surface area contributed by atoms with E-state index in [-0.39, 0.29) is 5.69 Å². The first-order chi connectivity index (χ1) is 9.13. The van der Waals surface area contributed by atoms with E-state index >= 15 is 0 Å². The lowest BCUT2D eigenvalue weighted by atomic mass is 10.2. The minimum atomic E-state index is 0.137. The molecule has 1 heterocycles. The van der Waals surface area contributed by atoms with Gasteiger partial charge in [-0.05, 0) is 30.3 Å². The second-order valence-corrected chi connectivity index (χ2v) is 4.08. The van der Waals surface area contributed by atoms with Crippen LogP contribution >= 0.6 is 11.6 Å². The molecule has 6 heteroatoms. The van der Waals surface area contributed by atoms with Crippen molar-refractivity contribution in [2.75, 3.05) is 11.1 Å². The molecule has 0 saturated carbocycles. The molecule has 3 N–H and O–H groups in total. The van der Waals surface area contributed by atoms with Crippen molar-refractivity contribution >= 4 is 28.8 Å². The summed E-state index contributed by atoms with van der Waals surface area (Å²) in [5.74, 6) is 0.433. The van der Waals surface area contributed by atoms with Crippen molar-refractivity contribution in [2.45, 2.75) is 0 Å². The van der Waals surface area contributed by atoms with Crippen LogP contribution < -0.4 is 11.1 Å². The molecule has 2 aromatic rings. The Hall–Kier alpha value is -2.76. The summed E-state index contributed by atoms with van der Waals surface area (Å²) in [6, 6.07) is 12.0. The smallest absolute Gasteiger partial charge is 0.165 e. The van der Waals surface area contributed by atoms with Crippen LogP contribution in [-0.2, 0) is 0 Å². The Morgan fingerprint density at radius 2 is 1.95 bits per heavy atom. The molecule has 0 fully saturated rings. The third-order valence-electron chi connectivity index (χ3n) is 2.39. The van der Waals surface area contributed by atoms with E-state index in [4.69, 9.17) is 27.9 Å². The molecule has 0 bridgehead atoms. The molecule has 19 heavy (non-hydrogen) atoms. The maximum atomic E-state index is 8.86. The number of pyridine rings is 1. The van der Waals surface area contributed by atoms with E-state index in [9.17, 15) is 0 Å². The Morgan fingerprint density at radius 1 is 1.16 bits per heavy atom. The maximum Gasteiger partial charge on any atom is 0.165 e. The zero-order valence-electron chi connectivity index (χ0n) is 9.68. The third kappa shape index (κ3) is 2.74. The number of nitrogens with two attached hydrogens (primary N) is 1. The molecular weight excluding hydrogens is 262 g/mol. The SMILES string of the molecule is N#Cc1ccc(Cl)c(Nc2ccc(N)c(C#N)n2)c1. The molecule has 0 atom stereocenters. The number of nitrogens with one attached hydrogen (secondary N) is 1. The molecular formula is C13H8ClN5. The van der Waals surface area contributed by atoms with Crippen molar-refractivity contribution in [2.24, 2.45) is 0 Å².